The van der Waals surface area contributed by atoms with Crippen molar-refractivity contribution in [3.8, 4) is 11.5 Å². The second-order valence-corrected chi connectivity index (χ2v) is 7.05. The fourth-order valence-electron chi connectivity index (χ4n) is 2.65. The van der Waals surface area contributed by atoms with Crippen molar-refractivity contribution in [3.63, 3.8) is 0 Å². The van der Waals surface area contributed by atoms with Crippen LogP contribution in [0.1, 0.15) is 50.7 Å². The van der Waals surface area contributed by atoms with Gasteiger partial charge in [-0.2, -0.15) is 0 Å². The van der Waals surface area contributed by atoms with Crippen LogP contribution in [-0.2, 0) is 11.2 Å². The van der Waals surface area contributed by atoms with Gasteiger partial charge in [0.25, 0.3) is 0 Å². The van der Waals surface area contributed by atoms with Crippen molar-refractivity contribution in [1.82, 2.24) is 0 Å². The molecule has 2 rings (SSSR count). The summed E-state index contributed by atoms with van der Waals surface area (Å²) in [5.41, 5.74) is 2.34. The van der Waals surface area contributed by atoms with Crippen LogP contribution in [-0.4, -0.2) is 22.8 Å². The molecule has 2 N–H and O–H groups in total. The number of aromatic hydroxyl groups is 1. The first-order valence-electron chi connectivity index (χ1n) is 9.57. The van der Waals surface area contributed by atoms with E-state index in [0.29, 0.717) is 11.5 Å². The maximum atomic E-state index is 10.0. The van der Waals surface area contributed by atoms with E-state index in [4.69, 9.17) is 9.84 Å². The Hall–Kier alpha value is -2.49. The van der Waals surface area contributed by atoms with E-state index in [9.17, 15) is 9.90 Å². The molecule has 0 saturated heterocycles. The van der Waals surface area contributed by atoms with Crippen molar-refractivity contribution in [2.75, 3.05) is 6.61 Å². The minimum atomic E-state index is -0.964. The Bertz CT molecular complexity index is 665. The summed E-state index contributed by atoms with van der Waals surface area (Å²) in [7, 11) is 0. The Morgan fingerprint density at radius 2 is 1.70 bits per heavy atom. The minimum absolute atomic E-state index is 0.288. The molecular formula is C23H32O4. The van der Waals surface area contributed by atoms with E-state index in [1.807, 2.05) is 19.1 Å². The largest absolute Gasteiger partial charge is 0.508 e. The van der Waals surface area contributed by atoms with Crippen molar-refractivity contribution >= 4 is 5.97 Å². The second-order valence-electron chi connectivity index (χ2n) is 7.05. The predicted molar refractivity (Wildman–Crippen MR) is 109 cm³/mol. The molecule has 0 heterocycles. The molecule has 0 amide bonds. The Balaban J connectivity index is 0.000000289. The van der Waals surface area contributed by atoms with Gasteiger partial charge in [0.15, 0.2) is 6.61 Å². The molecule has 0 fully saturated rings. The van der Waals surface area contributed by atoms with Gasteiger partial charge in [-0.3, -0.25) is 0 Å². The smallest absolute Gasteiger partial charge is 0.341 e. The number of aryl methyl sites for hydroxylation is 1. The number of hydrogen-bond acceptors (Lipinski definition) is 3. The summed E-state index contributed by atoms with van der Waals surface area (Å²) < 4.78 is 4.87. The molecule has 0 atom stereocenters. The van der Waals surface area contributed by atoms with Gasteiger partial charge in [0.2, 0.25) is 0 Å². The fraction of sp³-hybridized carbons (Fsp3) is 0.435. The molecule has 0 unspecified atom stereocenters. The van der Waals surface area contributed by atoms with Gasteiger partial charge < -0.3 is 14.9 Å². The van der Waals surface area contributed by atoms with Crippen LogP contribution in [0.15, 0.2) is 48.5 Å². The SMILES string of the molecule is Cc1c(O)cccc1CCCCCC(C)C.O=C(O)COc1ccccc1. The number of carboxylic acid groups (broad SMARTS) is 1. The standard InChI is InChI=1S/C15H24O.C8H8O3/c1-12(2)8-5-4-6-9-14-10-7-11-15(16)13(14)3;9-8(10)6-11-7-4-2-1-3-5-7/h7,10-12,16H,4-6,8-9H2,1-3H3;1-5H,6H2,(H,9,10). The number of unbranched alkanes of at least 4 members (excludes halogenated alkanes) is 2. The van der Waals surface area contributed by atoms with Crippen molar-refractivity contribution in [2.45, 2.75) is 52.9 Å². The average molecular weight is 373 g/mol. The van der Waals surface area contributed by atoms with Crippen molar-refractivity contribution in [2.24, 2.45) is 5.92 Å². The van der Waals surface area contributed by atoms with Crippen molar-refractivity contribution < 1.29 is 19.7 Å². The predicted octanol–water partition coefficient (Wildman–Crippen LogP) is 5.61. The van der Waals surface area contributed by atoms with E-state index < -0.39 is 5.97 Å². The highest BCUT2D eigenvalue weighted by molar-refractivity contribution is 5.68. The zero-order valence-electron chi connectivity index (χ0n) is 16.6. The van der Waals surface area contributed by atoms with E-state index in [2.05, 4.69) is 19.9 Å². The van der Waals surface area contributed by atoms with Crippen LogP contribution in [0.25, 0.3) is 0 Å². The van der Waals surface area contributed by atoms with Gasteiger partial charge in [0.05, 0.1) is 0 Å². The van der Waals surface area contributed by atoms with Gasteiger partial charge in [-0.15, -0.1) is 0 Å². The number of carboxylic acids is 1. The Morgan fingerprint density at radius 1 is 1.00 bits per heavy atom. The summed E-state index contributed by atoms with van der Waals surface area (Å²) in [6, 6.07) is 14.7. The topological polar surface area (TPSA) is 66.8 Å². The third kappa shape index (κ3) is 10.3. The third-order valence-electron chi connectivity index (χ3n) is 4.25. The van der Waals surface area contributed by atoms with Gasteiger partial charge in [-0.05, 0) is 55.0 Å². The quantitative estimate of drug-likeness (QED) is 0.562. The number of ether oxygens (including phenoxy) is 1. The van der Waals surface area contributed by atoms with Gasteiger partial charge >= 0.3 is 5.97 Å². The summed E-state index contributed by atoms with van der Waals surface area (Å²) in [6.45, 7) is 6.27. The zero-order valence-corrected chi connectivity index (χ0v) is 16.6. The molecule has 4 heteroatoms. The number of benzene rings is 2. The van der Waals surface area contributed by atoms with E-state index in [0.717, 1.165) is 17.9 Å². The first kappa shape index (κ1) is 22.6. The van der Waals surface area contributed by atoms with Crippen LogP contribution in [0.4, 0.5) is 0 Å². The molecular weight excluding hydrogens is 340 g/mol. The number of phenols is 1. The molecule has 0 saturated carbocycles. The van der Waals surface area contributed by atoms with Gasteiger partial charge in [0, 0.05) is 0 Å². The molecule has 2 aromatic rings. The zero-order chi connectivity index (χ0) is 20.1. The first-order chi connectivity index (χ1) is 12.9. The van der Waals surface area contributed by atoms with Crippen LogP contribution in [0, 0.1) is 12.8 Å². The molecule has 2 aromatic carbocycles. The average Bonchev–Trinajstić information content (AvgIpc) is 2.64. The summed E-state index contributed by atoms with van der Waals surface area (Å²) in [6.07, 6.45) is 6.29. The summed E-state index contributed by atoms with van der Waals surface area (Å²) in [5, 5.41) is 17.8. The lowest BCUT2D eigenvalue weighted by Gasteiger charge is -2.08. The monoisotopic (exact) mass is 372 g/mol. The van der Waals surface area contributed by atoms with Crippen LogP contribution in [0.5, 0.6) is 11.5 Å². The van der Waals surface area contributed by atoms with E-state index in [1.54, 1.807) is 30.3 Å². The van der Waals surface area contributed by atoms with Gasteiger partial charge in [-0.25, -0.2) is 4.79 Å². The number of hydrogen-bond donors (Lipinski definition) is 2. The van der Waals surface area contributed by atoms with E-state index in [-0.39, 0.29) is 6.61 Å². The summed E-state index contributed by atoms with van der Waals surface area (Å²) in [5.74, 6) is 0.867. The van der Waals surface area contributed by atoms with E-state index >= 15 is 0 Å². The summed E-state index contributed by atoms with van der Waals surface area (Å²) in [4.78, 5) is 10.0. The molecule has 4 nitrogen and oxygen atoms in total. The molecule has 0 radical (unpaired) electrons. The fourth-order valence-corrected chi connectivity index (χ4v) is 2.65. The maximum absolute atomic E-state index is 10.0. The van der Waals surface area contributed by atoms with Crippen LogP contribution in [0.3, 0.4) is 0 Å². The highest BCUT2D eigenvalue weighted by Crippen LogP contribution is 2.21. The molecule has 0 aliphatic carbocycles. The molecule has 27 heavy (non-hydrogen) atoms. The lowest BCUT2D eigenvalue weighted by molar-refractivity contribution is -0.139. The number of rotatable bonds is 9. The van der Waals surface area contributed by atoms with E-state index in [1.165, 1.54) is 31.2 Å². The highest BCUT2D eigenvalue weighted by Gasteiger charge is 2.02. The Labute approximate surface area is 162 Å². The lowest BCUT2D eigenvalue weighted by Crippen LogP contribution is -2.09. The number of para-hydroxylation sites is 1. The molecule has 0 aliphatic rings. The number of phenolic OH excluding ortho intramolecular Hbond substituents is 1. The first-order valence-corrected chi connectivity index (χ1v) is 9.57. The van der Waals surface area contributed by atoms with Crippen LogP contribution < -0.4 is 4.74 Å². The van der Waals surface area contributed by atoms with Crippen LogP contribution in [0.2, 0.25) is 0 Å². The van der Waals surface area contributed by atoms with Gasteiger partial charge in [-0.1, -0.05) is 63.4 Å². The molecule has 148 valence electrons. The number of carbonyl (C=O) groups is 1. The third-order valence-corrected chi connectivity index (χ3v) is 4.25. The Morgan fingerprint density at radius 3 is 2.33 bits per heavy atom. The van der Waals surface area contributed by atoms with Crippen molar-refractivity contribution in [1.29, 1.82) is 0 Å². The molecule has 0 bridgehead atoms. The normalized spacial score (nSPS) is 10.2. The molecule has 0 aliphatic heterocycles. The van der Waals surface area contributed by atoms with Crippen molar-refractivity contribution in [3.05, 3.63) is 59.7 Å². The number of aliphatic carboxylic acids is 1. The Kier molecular flexibility index (Phi) is 10.7. The summed E-state index contributed by atoms with van der Waals surface area (Å²) >= 11 is 0. The minimum Gasteiger partial charge on any atom is -0.508 e. The lowest BCUT2D eigenvalue weighted by atomic mass is 9.99. The van der Waals surface area contributed by atoms with Crippen LogP contribution >= 0.6 is 0 Å². The molecule has 0 aromatic heterocycles. The molecule has 0 spiro atoms. The van der Waals surface area contributed by atoms with Gasteiger partial charge in [0.1, 0.15) is 11.5 Å². The second kappa shape index (κ2) is 12.8. The maximum Gasteiger partial charge on any atom is 0.341 e. The highest BCUT2D eigenvalue weighted by atomic mass is 16.5.